The van der Waals surface area contributed by atoms with E-state index in [0.29, 0.717) is 16.4 Å². The molecule has 0 saturated heterocycles. The van der Waals surface area contributed by atoms with E-state index < -0.39 is 0 Å². The van der Waals surface area contributed by atoms with E-state index in [-0.39, 0.29) is 19.1 Å². The summed E-state index contributed by atoms with van der Waals surface area (Å²) in [5.41, 5.74) is 0.931. The van der Waals surface area contributed by atoms with Gasteiger partial charge in [0, 0.05) is 13.6 Å². The number of hydrogen-bond donors (Lipinski definition) is 2. The second-order valence-corrected chi connectivity index (χ2v) is 3.23. The van der Waals surface area contributed by atoms with E-state index in [4.69, 9.17) is 16.7 Å². The van der Waals surface area contributed by atoms with Gasteiger partial charge in [0.05, 0.1) is 17.3 Å². The fraction of sp³-hybridized carbons (Fsp3) is 0.500. The number of halogens is 1. The van der Waals surface area contributed by atoms with Crippen LogP contribution in [0.5, 0.6) is 0 Å². The molecule has 0 bridgehead atoms. The standard InChI is InChI=1S/C8H12ClN3O2/c1-5-6(9)7(12(2)11-5)8(14)10-3-4-13/h13H,3-4H2,1-2H3,(H,10,14). The zero-order valence-corrected chi connectivity index (χ0v) is 8.80. The fourth-order valence-electron chi connectivity index (χ4n) is 1.13. The van der Waals surface area contributed by atoms with E-state index in [9.17, 15) is 4.79 Å². The van der Waals surface area contributed by atoms with Crippen molar-refractivity contribution in [3.05, 3.63) is 16.4 Å². The van der Waals surface area contributed by atoms with E-state index in [2.05, 4.69) is 10.4 Å². The van der Waals surface area contributed by atoms with Crippen molar-refractivity contribution >= 4 is 17.5 Å². The summed E-state index contributed by atoms with van der Waals surface area (Å²) in [6.45, 7) is 1.84. The first kappa shape index (κ1) is 11.0. The van der Waals surface area contributed by atoms with Crippen LogP contribution in [0.2, 0.25) is 5.02 Å². The second-order valence-electron chi connectivity index (χ2n) is 2.85. The summed E-state index contributed by atoms with van der Waals surface area (Å²) in [6, 6.07) is 0. The van der Waals surface area contributed by atoms with Gasteiger partial charge in [0.15, 0.2) is 0 Å². The van der Waals surface area contributed by atoms with Crippen molar-refractivity contribution in [1.82, 2.24) is 15.1 Å². The number of carbonyl (C=O) groups is 1. The number of nitrogens with one attached hydrogen (secondary N) is 1. The Morgan fingerprint density at radius 2 is 2.36 bits per heavy atom. The molecule has 0 aliphatic carbocycles. The van der Waals surface area contributed by atoms with Gasteiger partial charge in [-0.25, -0.2) is 0 Å². The smallest absolute Gasteiger partial charge is 0.271 e. The average molecular weight is 218 g/mol. The van der Waals surface area contributed by atoms with Crippen molar-refractivity contribution in [3.8, 4) is 0 Å². The third-order valence-electron chi connectivity index (χ3n) is 1.76. The number of carbonyl (C=O) groups excluding carboxylic acids is 1. The highest BCUT2D eigenvalue weighted by molar-refractivity contribution is 6.34. The van der Waals surface area contributed by atoms with Crippen molar-refractivity contribution in [2.24, 2.45) is 7.05 Å². The maximum Gasteiger partial charge on any atom is 0.271 e. The summed E-state index contributed by atoms with van der Waals surface area (Å²) >= 11 is 5.88. The minimum Gasteiger partial charge on any atom is -0.395 e. The number of aliphatic hydroxyl groups excluding tert-OH is 1. The molecule has 0 aliphatic heterocycles. The molecule has 1 heterocycles. The molecule has 0 saturated carbocycles. The van der Waals surface area contributed by atoms with Crippen LogP contribution in [-0.2, 0) is 7.05 Å². The Balaban J connectivity index is 2.89. The van der Waals surface area contributed by atoms with Crippen molar-refractivity contribution in [3.63, 3.8) is 0 Å². The van der Waals surface area contributed by atoms with Gasteiger partial charge in [-0.15, -0.1) is 0 Å². The van der Waals surface area contributed by atoms with Crippen LogP contribution in [0.4, 0.5) is 0 Å². The van der Waals surface area contributed by atoms with Crippen LogP contribution in [0.1, 0.15) is 16.2 Å². The highest BCUT2D eigenvalue weighted by Crippen LogP contribution is 2.18. The molecule has 5 nitrogen and oxygen atoms in total. The lowest BCUT2D eigenvalue weighted by molar-refractivity contribution is 0.0935. The molecule has 0 fully saturated rings. The minimum absolute atomic E-state index is 0.0970. The molecule has 1 amide bonds. The summed E-state index contributed by atoms with van der Waals surface area (Å²) in [6.07, 6.45) is 0. The summed E-state index contributed by atoms with van der Waals surface area (Å²) < 4.78 is 1.42. The van der Waals surface area contributed by atoms with Gasteiger partial charge in [-0.3, -0.25) is 9.48 Å². The van der Waals surface area contributed by atoms with Gasteiger partial charge < -0.3 is 10.4 Å². The zero-order valence-electron chi connectivity index (χ0n) is 8.04. The van der Waals surface area contributed by atoms with E-state index in [1.54, 1.807) is 14.0 Å². The maximum absolute atomic E-state index is 11.5. The average Bonchev–Trinajstić information content (AvgIpc) is 2.38. The Morgan fingerprint density at radius 1 is 1.71 bits per heavy atom. The van der Waals surface area contributed by atoms with E-state index >= 15 is 0 Å². The molecule has 0 aromatic carbocycles. The number of rotatable bonds is 3. The first-order valence-electron chi connectivity index (χ1n) is 4.16. The van der Waals surface area contributed by atoms with Crippen molar-refractivity contribution in [1.29, 1.82) is 0 Å². The lowest BCUT2D eigenvalue weighted by Gasteiger charge is -2.03. The molecule has 0 spiro atoms. The molecule has 78 valence electrons. The van der Waals surface area contributed by atoms with Crippen molar-refractivity contribution < 1.29 is 9.90 Å². The number of aryl methyl sites for hydroxylation is 2. The van der Waals surface area contributed by atoms with Gasteiger partial charge in [0.25, 0.3) is 5.91 Å². The van der Waals surface area contributed by atoms with Gasteiger partial charge in [0.1, 0.15) is 5.69 Å². The van der Waals surface area contributed by atoms with E-state index in [1.807, 2.05) is 0 Å². The Morgan fingerprint density at radius 3 is 2.79 bits per heavy atom. The van der Waals surface area contributed by atoms with Gasteiger partial charge >= 0.3 is 0 Å². The highest BCUT2D eigenvalue weighted by atomic mass is 35.5. The van der Waals surface area contributed by atoms with E-state index in [1.165, 1.54) is 4.68 Å². The number of aliphatic hydroxyl groups is 1. The third-order valence-corrected chi connectivity index (χ3v) is 2.21. The van der Waals surface area contributed by atoms with Gasteiger partial charge in [-0.05, 0) is 6.92 Å². The Labute approximate surface area is 86.7 Å². The molecule has 1 rings (SSSR count). The van der Waals surface area contributed by atoms with Gasteiger partial charge in [-0.1, -0.05) is 11.6 Å². The molecular weight excluding hydrogens is 206 g/mol. The first-order chi connectivity index (χ1) is 6.57. The van der Waals surface area contributed by atoms with Crippen molar-refractivity contribution in [2.45, 2.75) is 6.92 Å². The van der Waals surface area contributed by atoms with Crippen LogP contribution < -0.4 is 5.32 Å². The number of nitrogens with zero attached hydrogens (tertiary/aromatic N) is 2. The van der Waals surface area contributed by atoms with Crippen LogP contribution in [-0.4, -0.2) is 33.9 Å². The largest absolute Gasteiger partial charge is 0.395 e. The summed E-state index contributed by atoms with van der Waals surface area (Å²) in [5, 5.41) is 15.4. The predicted molar refractivity (Wildman–Crippen MR) is 52.4 cm³/mol. The molecular formula is C8H12ClN3O2. The van der Waals surface area contributed by atoms with Crippen LogP contribution >= 0.6 is 11.6 Å². The Bertz CT molecular complexity index is 349. The van der Waals surface area contributed by atoms with Crippen LogP contribution in [0, 0.1) is 6.92 Å². The molecule has 0 aliphatic rings. The summed E-state index contributed by atoms with van der Waals surface area (Å²) in [7, 11) is 1.65. The summed E-state index contributed by atoms with van der Waals surface area (Å²) in [4.78, 5) is 11.5. The fourth-order valence-corrected chi connectivity index (χ4v) is 1.38. The third kappa shape index (κ3) is 2.05. The second kappa shape index (κ2) is 4.43. The monoisotopic (exact) mass is 217 g/mol. The Kier molecular flexibility index (Phi) is 3.49. The molecule has 6 heteroatoms. The molecule has 1 aromatic rings. The van der Waals surface area contributed by atoms with E-state index in [0.717, 1.165) is 0 Å². The maximum atomic E-state index is 11.5. The van der Waals surface area contributed by atoms with Crippen molar-refractivity contribution in [2.75, 3.05) is 13.2 Å². The first-order valence-corrected chi connectivity index (χ1v) is 4.54. The molecule has 0 atom stereocenters. The Hall–Kier alpha value is -1.07. The lowest BCUT2D eigenvalue weighted by Crippen LogP contribution is -2.28. The number of aromatic nitrogens is 2. The lowest BCUT2D eigenvalue weighted by atomic mass is 10.3. The molecule has 14 heavy (non-hydrogen) atoms. The topological polar surface area (TPSA) is 67.2 Å². The predicted octanol–water partition coefficient (Wildman–Crippen LogP) is 0.104. The van der Waals surface area contributed by atoms with Crippen LogP contribution in [0.15, 0.2) is 0 Å². The summed E-state index contributed by atoms with van der Waals surface area (Å²) in [5.74, 6) is -0.327. The molecule has 0 unspecified atom stereocenters. The quantitative estimate of drug-likeness (QED) is 0.755. The van der Waals surface area contributed by atoms with Gasteiger partial charge in [-0.2, -0.15) is 5.10 Å². The van der Waals surface area contributed by atoms with Gasteiger partial charge in [0.2, 0.25) is 0 Å². The molecule has 0 radical (unpaired) electrons. The number of hydrogen-bond acceptors (Lipinski definition) is 3. The van der Waals surface area contributed by atoms with Crippen LogP contribution in [0.3, 0.4) is 0 Å². The molecule has 1 aromatic heterocycles. The normalized spacial score (nSPS) is 10.3. The zero-order chi connectivity index (χ0) is 10.7. The SMILES string of the molecule is Cc1nn(C)c(C(=O)NCCO)c1Cl. The van der Waals surface area contributed by atoms with Crippen LogP contribution in [0.25, 0.3) is 0 Å². The molecule has 2 N–H and O–H groups in total. The minimum atomic E-state index is -0.327. The number of amides is 1. The highest BCUT2D eigenvalue weighted by Gasteiger charge is 2.17.